The van der Waals surface area contributed by atoms with Crippen molar-refractivity contribution in [1.29, 1.82) is 0 Å². The summed E-state index contributed by atoms with van der Waals surface area (Å²) >= 11 is 0. The lowest BCUT2D eigenvalue weighted by Crippen LogP contribution is -2.43. The molecule has 1 aliphatic heterocycles. The molecule has 0 saturated heterocycles. The molecule has 2 aromatic rings. The Balaban J connectivity index is 1.72. The van der Waals surface area contributed by atoms with E-state index >= 15 is 0 Å². The summed E-state index contributed by atoms with van der Waals surface area (Å²) in [4.78, 5) is 14.0. The zero-order valence-electron chi connectivity index (χ0n) is 13.2. The molecule has 1 aliphatic rings. The van der Waals surface area contributed by atoms with Gasteiger partial charge >= 0.3 is 0 Å². The first-order chi connectivity index (χ1) is 11.6. The molecule has 1 heterocycles. The molecule has 0 fully saturated rings. The number of likely N-dealkylation sites (N-methyl/N-ethyl adjacent to an activating group) is 1. The van der Waals surface area contributed by atoms with E-state index in [4.69, 9.17) is 9.47 Å². The molecule has 24 heavy (non-hydrogen) atoms. The number of hydrogen-bond acceptors (Lipinski definition) is 3. The van der Waals surface area contributed by atoms with Gasteiger partial charge in [0.05, 0.1) is 12.1 Å². The van der Waals surface area contributed by atoms with Crippen molar-refractivity contribution in [1.82, 2.24) is 4.90 Å². The van der Waals surface area contributed by atoms with E-state index < -0.39 is 17.5 Å². The van der Waals surface area contributed by atoms with Crippen molar-refractivity contribution >= 4 is 5.91 Å². The van der Waals surface area contributed by atoms with E-state index in [1.807, 2.05) is 18.2 Å². The molecule has 2 aromatic carbocycles. The monoisotopic (exact) mass is 333 g/mol. The van der Waals surface area contributed by atoms with Crippen LogP contribution >= 0.6 is 0 Å². The normalized spacial score (nSPS) is 15.9. The van der Waals surface area contributed by atoms with Crippen molar-refractivity contribution in [3.63, 3.8) is 0 Å². The van der Waals surface area contributed by atoms with Crippen molar-refractivity contribution < 1.29 is 23.0 Å². The van der Waals surface area contributed by atoms with Crippen molar-refractivity contribution in [2.24, 2.45) is 0 Å². The van der Waals surface area contributed by atoms with Crippen LogP contribution in [0.3, 0.4) is 0 Å². The van der Waals surface area contributed by atoms with Crippen LogP contribution in [-0.2, 0) is 0 Å². The second kappa shape index (κ2) is 6.86. The van der Waals surface area contributed by atoms with Crippen LogP contribution in [0.15, 0.2) is 42.5 Å². The molecule has 6 heteroatoms. The lowest BCUT2D eigenvalue weighted by atomic mass is 10.1. The molecule has 126 valence electrons. The van der Waals surface area contributed by atoms with Crippen molar-refractivity contribution in [3.05, 3.63) is 59.7 Å². The molecule has 0 saturated carbocycles. The molecule has 1 amide bonds. The Morgan fingerprint density at radius 2 is 1.96 bits per heavy atom. The summed E-state index contributed by atoms with van der Waals surface area (Å²) in [6.07, 6.45) is -0.354. The first kappa shape index (κ1) is 16.2. The van der Waals surface area contributed by atoms with Crippen LogP contribution in [0.4, 0.5) is 8.78 Å². The molecule has 4 nitrogen and oxygen atoms in total. The molecule has 0 N–H and O–H groups in total. The molecule has 0 radical (unpaired) electrons. The summed E-state index contributed by atoms with van der Waals surface area (Å²) in [7, 11) is 0. The fourth-order valence-electron chi connectivity index (χ4n) is 2.59. The van der Waals surface area contributed by atoms with Gasteiger partial charge in [-0.15, -0.1) is 0 Å². The Labute approximate surface area is 138 Å². The molecular weight excluding hydrogens is 316 g/mol. The van der Waals surface area contributed by atoms with Gasteiger partial charge in [-0.3, -0.25) is 4.79 Å². The van der Waals surface area contributed by atoms with Gasteiger partial charge in [0.2, 0.25) is 0 Å². The highest BCUT2D eigenvalue weighted by Crippen LogP contribution is 2.31. The number of benzene rings is 2. The van der Waals surface area contributed by atoms with Crippen LogP contribution in [0.25, 0.3) is 0 Å². The highest BCUT2D eigenvalue weighted by molar-refractivity contribution is 5.94. The number of para-hydroxylation sites is 2. The van der Waals surface area contributed by atoms with Crippen LogP contribution in [0, 0.1) is 11.6 Å². The largest absolute Gasteiger partial charge is 0.486 e. The molecule has 0 bridgehead atoms. The second-order valence-electron chi connectivity index (χ2n) is 5.47. The first-order valence-electron chi connectivity index (χ1n) is 7.71. The van der Waals surface area contributed by atoms with Gasteiger partial charge in [-0.05, 0) is 31.2 Å². The molecule has 1 unspecified atom stereocenters. The fourth-order valence-corrected chi connectivity index (χ4v) is 2.59. The third-order valence-corrected chi connectivity index (χ3v) is 3.82. The van der Waals surface area contributed by atoms with Crippen molar-refractivity contribution in [2.45, 2.75) is 13.0 Å². The van der Waals surface area contributed by atoms with E-state index in [1.54, 1.807) is 13.0 Å². The summed E-state index contributed by atoms with van der Waals surface area (Å²) in [5, 5.41) is 0. The maximum Gasteiger partial charge on any atom is 0.256 e. The standard InChI is InChI=1S/C18H17F2NO3/c1-2-21(18(22)14-8-7-12(19)9-15(14)20)10-13-11-23-16-5-3-4-6-17(16)24-13/h3-9,13H,2,10-11H2,1H3. The summed E-state index contributed by atoms with van der Waals surface area (Å²) in [5.41, 5.74) is -0.157. The second-order valence-corrected chi connectivity index (χ2v) is 5.47. The molecular formula is C18H17F2NO3. The van der Waals surface area contributed by atoms with Gasteiger partial charge in [0, 0.05) is 12.6 Å². The minimum atomic E-state index is -0.871. The van der Waals surface area contributed by atoms with E-state index in [0.717, 1.165) is 12.1 Å². The number of hydrogen-bond donors (Lipinski definition) is 0. The van der Waals surface area contributed by atoms with Gasteiger partial charge in [-0.2, -0.15) is 0 Å². The number of ether oxygens (including phenoxy) is 2. The third-order valence-electron chi connectivity index (χ3n) is 3.82. The Bertz CT molecular complexity index is 751. The smallest absolute Gasteiger partial charge is 0.256 e. The molecule has 0 spiro atoms. The van der Waals surface area contributed by atoms with Crippen LogP contribution < -0.4 is 9.47 Å². The Morgan fingerprint density at radius 3 is 2.67 bits per heavy atom. The highest BCUT2D eigenvalue weighted by Gasteiger charge is 2.26. The maximum atomic E-state index is 13.8. The van der Waals surface area contributed by atoms with Gasteiger partial charge in [0.15, 0.2) is 17.6 Å². The summed E-state index contributed by atoms with van der Waals surface area (Å²) in [5.74, 6) is -0.812. The van der Waals surface area contributed by atoms with E-state index in [-0.39, 0.29) is 18.2 Å². The molecule has 0 aromatic heterocycles. The number of carbonyl (C=O) groups is 1. The number of nitrogens with zero attached hydrogens (tertiary/aromatic N) is 1. The third kappa shape index (κ3) is 3.32. The number of amides is 1. The Hall–Kier alpha value is -2.63. The zero-order chi connectivity index (χ0) is 17.1. The Morgan fingerprint density at radius 1 is 1.21 bits per heavy atom. The number of halogens is 2. The van der Waals surface area contributed by atoms with E-state index in [1.165, 1.54) is 4.90 Å². The van der Waals surface area contributed by atoms with Gasteiger partial charge in [0.25, 0.3) is 5.91 Å². The van der Waals surface area contributed by atoms with Crippen molar-refractivity contribution in [3.8, 4) is 11.5 Å². The predicted molar refractivity (Wildman–Crippen MR) is 84.3 cm³/mol. The highest BCUT2D eigenvalue weighted by atomic mass is 19.1. The number of rotatable bonds is 4. The van der Waals surface area contributed by atoms with Gasteiger partial charge in [-0.25, -0.2) is 8.78 Å². The lowest BCUT2D eigenvalue weighted by Gasteiger charge is -2.31. The average Bonchev–Trinajstić information content (AvgIpc) is 2.59. The minimum absolute atomic E-state index is 0.157. The summed E-state index contributed by atoms with van der Waals surface area (Å²) in [6.45, 7) is 2.71. The van der Waals surface area contributed by atoms with Gasteiger partial charge in [0.1, 0.15) is 18.2 Å². The fraction of sp³-hybridized carbons (Fsp3) is 0.278. The van der Waals surface area contributed by atoms with Crippen molar-refractivity contribution in [2.75, 3.05) is 19.7 Å². The van der Waals surface area contributed by atoms with E-state index in [9.17, 15) is 13.6 Å². The van der Waals surface area contributed by atoms with E-state index in [2.05, 4.69) is 0 Å². The average molecular weight is 333 g/mol. The zero-order valence-corrected chi connectivity index (χ0v) is 13.2. The lowest BCUT2D eigenvalue weighted by molar-refractivity contribution is 0.0472. The first-order valence-corrected chi connectivity index (χ1v) is 7.71. The number of fused-ring (bicyclic) bond motifs is 1. The van der Waals surface area contributed by atoms with E-state index in [0.29, 0.717) is 30.7 Å². The Kier molecular flexibility index (Phi) is 4.64. The quantitative estimate of drug-likeness (QED) is 0.862. The van der Waals surface area contributed by atoms with Crippen LogP contribution in [-0.4, -0.2) is 36.6 Å². The molecule has 0 aliphatic carbocycles. The maximum absolute atomic E-state index is 13.8. The summed E-state index contributed by atoms with van der Waals surface area (Å²) < 4.78 is 38.3. The van der Waals surface area contributed by atoms with Crippen LogP contribution in [0.1, 0.15) is 17.3 Å². The van der Waals surface area contributed by atoms with Gasteiger partial charge < -0.3 is 14.4 Å². The molecule has 3 rings (SSSR count). The van der Waals surface area contributed by atoms with Crippen LogP contribution in [0.5, 0.6) is 11.5 Å². The number of carbonyl (C=O) groups excluding carboxylic acids is 1. The topological polar surface area (TPSA) is 38.8 Å². The van der Waals surface area contributed by atoms with Crippen LogP contribution in [0.2, 0.25) is 0 Å². The molecule has 1 atom stereocenters. The predicted octanol–water partition coefficient (Wildman–Crippen LogP) is 3.27. The minimum Gasteiger partial charge on any atom is -0.486 e. The summed E-state index contributed by atoms with van der Waals surface area (Å²) in [6, 6.07) is 10.2. The van der Waals surface area contributed by atoms with Gasteiger partial charge in [-0.1, -0.05) is 12.1 Å². The SMILES string of the molecule is CCN(CC1COc2ccccc2O1)C(=O)c1ccc(F)cc1F.